The van der Waals surface area contributed by atoms with E-state index in [2.05, 4.69) is 5.32 Å². The molecule has 0 spiro atoms. The van der Waals surface area contributed by atoms with E-state index in [-0.39, 0.29) is 17.3 Å². The van der Waals surface area contributed by atoms with Crippen LogP contribution in [0.3, 0.4) is 0 Å². The highest BCUT2D eigenvalue weighted by Gasteiger charge is 2.34. The summed E-state index contributed by atoms with van der Waals surface area (Å²) in [5.74, 6) is -0.0975. The van der Waals surface area contributed by atoms with Crippen LogP contribution < -0.4 is 5.32 Å². The number of carbonyl (C=O) groups is 2. The summed E-state index contributed by atoms with van der Waals surface area (Å²) < 4.78 is 38.2. The van der Waals surface area contributed by atoms with Crippen LogP contribution in [-0.2, 0) is 11.0 Å². The molecule has 102 valence electrons. The van der Waals surface area contributed by atoms with Crippen molar-refractivity contribution < 1.29 is 22.8 Å². The molecule has 0 radical (unpaired) electrons. The van der Waals surface area contributed by atoms with Gasteiger partial charge in [0.05, 0.1) is 22.9 Å². The lowest BCUT2D eigenvalue weighted by Crippen LogP contribution is -2.36. The third kappa shape index (κ3) is 3.01. The van der Waals surface area contributed by atoms with E-state index >= 15 is 0 Å². The van der Waals surface area contributed by atoms with Crippen molar-refractivity contribution in [2.24, 2.45) is 0 Å². The van der Waals surface area contributed by atoms with Crippen LogP contribution in [0.25, 0.3) is 0 Å². The second-order valence-electron chi connectivity index (χ2n) is 3.77. The van der Waals surface area contributed by atoms with Crippen LogP contribution in [0.4, 0.5) is 23.7 Å². The van der Waals surface area contributed by atoms with Gasteiger partial charge in [0.15, 0.2) is 0 Å². The van der Waals surface area contributed by atoms with Crippen molar-refractivity contribution in [2.45, 2.75) is 6.18 Å². The Bertz CT molecular complexity index is 519. The maximum Gasteiger partial charge on any atom is 0.418 e. The lowest BCUT2D eigenvalue weighted by molar-refractivity contribution is -0.136. The van der Waals surface area contributed by atoms with E-state index in [4.69, 9.17) is 0 Å². The number of hydrogen-bond acceptors (Lipinski definition) is 3. The molecule has 0 saturated carbocycles. The molecule has 1 aromatic rings. The fourth-order valence-electron chi connectivity index (χ4n) is 1.57. The van der Waals surface area contributed by atoms with Crippen molar-refractivity contribution in [2.75, 3.05) is 16.9 Å². The number of thioether (sulfide) groups is 1. The quantitative estimate of drug-likeness (QED) is 0.865. The molecule has 2 rings (SSSR count). The molecule has 0 bridgehead atoms. The Balaban J connectivity index is 2.20. The molecule has 1 N–H and O–H groups in total. The van der Waals surface area contributed by atoms with Gasteiger partial charge in [0, 0.05) is 0 Å². The van der Waals surface area contributed by atoms with E-state index in [0.29, 0.717) is 0 Å². The van der Waals surface area contributed by atoms with E-state index in [0.717, 1.165) is 17.0 Å². The summed E-state index contributed by atoms with van der Waals surface area (Å²) >= 11 is 1.23. The summed E-state index contributed by atoms with van der Waals surface area (Å²) in [7, 11) is 0. The van der Waals surface area contributed by atoms with Crippen LogP contribution in [0.15, 0.2) is 24.3 Å². The van der Waals surface area contributed by atoms with Crippen LogP contribution in [0.1, 0.15) is 5.56 Å². The van der Waals surface area contributed by atoms with E-state index in [1.165, 1.54) is 23.9 Å². The normalized spacial score (nSPS) is 15.7. The third-order valence-electron chi connectivity index (χ3n) is 2.47. The molecular weight excluding hydrogens is 281 g/mol. The fourth-order valence-corrected chi connectivity index (χ4v) is 2.43. The Kier molecular flexibility index (Phi) is 3.70. The van der Waals surface area contributed by atoms with Gasteiger partial charge in [0.25, 0.3) is 0 Å². The maximum atomic E-state index is 12.7. The summed E-state index contributed by atoms with van der Waals surface area (Å²) in [6.07, 6.45) is -4.56. The van der Waals surface area contributed by atoms with E-state index in [1.54, 1.807) is 0 Å². The van der Waals surface area contributed by atoms with Gasteiger partial charge in [-0.25, -0.2) is 4.79 Å². The zero-order valence-electron chi connectivity index (χ0n) is 9.53. The van der Waals surface area contributed by atoms with E-state index in [1.807, 2.05) is 0 Å². The number of anilines is 1. The number of nitrogens with one attached hydrogen (secondary N) is 1. The Morgan fingerprint density at radius 1 is 1.32 bits per heavy atom. The molecule has 0 unspecified atom stereocenters. The molecule has 1 aromatic carbocycles. The zero-order valence-corrected chi connectivity index (χ0v) is 10.3. The molecule has 1 aliphatic rings. The summed E-state index contributed by atoms with van der Waals surface area (Å²) in [6, 6.07) is 3.79. The third-order valence-corrected chi connectivity index (χ3v) is 3.36. The molecule has 4 nitrogen and oxygen atoms in total. The van der Waals surface area contributed by atoms with E-state index < -0.39 is 23.7 Å². The number of hydrogen-bond donors (Lipinski definition) is 1. The summed E-state index contributed by atoms with van der Waals surface area (Å²) in [4.78, 5) is 23.9. The first-order valence-electron chi connectivity index (χ1n) is 5.25. The van der Waals surface area contributed by atoms with Crippen LogP contribution in [0.5, 0.6) is 0 Å². The zero-order chi connectivity index (χ0) is 14.0. The lowest BCUT2D eigenvalue weighted by Gasteiger charge is -2.17. The van der Waals surface area contributed by atoms with Crippen LogP contribution >= 0.6 is 11.8 Å². The SMILES string of the molecule is O=C1CSCN1C(=O)Nc1ccccc1C(F)(F)F. The molecule has 0 aromatic heterocycles. The Labute approximate surface area is 111 Å². The minimum Gasteiger partial charge on any atom is -0.307 e. The number of amides is 3. The van der Waals surface area contributed by atoms with Crippen molar-refractivity contribution in [1.82, 2.24) is 4.90 Å². The number of nitrogens with zero attached hydrogens (tertiary/aromatic N) is 1. The molecule has 1 aliphatic heterocycles. The molecule has 1 heterocycles. The van der Waals surface area contributed by atoms with Crippen molar-refractivity contribution >= 4 is 29.4 Å². The van der Waals surface area contributed by atoms with Gasteiger partial charge in [-0.2, -0.15) is 13.2 Å². The average Bonchev–Trinajstić information content (AvgIpc) is 2.75. The predicted molar refractivity (Wildman–Crippen MR) is 64.6 cm³/mol. The number of rotatable bonds is 1. The highest BCUT2D eigenvalue weighted by Crippen LogP contribution is 2.34. The summed E-state index contributed by atoms with van der Waals surface area (Å²) in [5.41, 5.74) is -1.30. The van der Waals surface area contributed by atoms with Crippen molar-refractivity contribution in [3.05, 3.63) is 29.8 Å². The highest BCUT2D eigenvalue weighted by atomic mass is 32.2. The minimum atomic E-state index is -4.56. The first-order chi connectivity index (χ1) is 8.89. The van der Waals surface area contributed by atoms with Gasteiger partial charge in [-0.3, -0.25) is 9.69 Å². The van der Waals surface area contributed by atoms with Crippen molar-refractivity contribution in [3.8, 4) is 0 Å². The summed E-state index contributed by atoms with van der Waals surface area (Å²) in [5, 5.41) is 2.12. The number of carbonyl (C=O) groups excluding carboxylic acids is 2. The molecule has 0 aliphatic carbocycles. The van der Waals surface area contributed by atoms with Crippen molar-refractivity contribution in [1.29, 1.82) is 0 Å². The number of halogens is 3. The topological polar surface area (TPSA) is 49.4 Å². The fraction of sp³-hybridized carbons (Fsp3) is 0.273. The van der Waals surface area contributed by atoms with Crippen LogP contribution in [-0.4, -0.2) is 28.5 Å². The second kappa shape index (κ2) is 5.12. The molecule has 19 heavy (non-hydrogen) atoms. The molecule has 0 atom stereocenters. The number of para-hydroxylation sites is 1. The van der Waals surface area contributed by atoms with Crippen LogP contribution in [0.2, 0.25) is 0 Å². The second-order valence-corrected chi connectivity index (χ2v) is 4.73. The first-order valence-corrected chi connectivity index (χ1v) is 6.40. The molecule has 1 fully saturated rings. The Morgan fingerprint density at radius 2 is 2.00 bits per heavy atom. The number of benzene rings is 1. The summed E-state index contributed by atoms with van der Waals surface area (Å²) in [6.45, 7) is 0. The van der Waals surface area contributed by atoms with Gasteiger partial charge < -0.3 is 5.32 Å². The largest absolute Gasteiger partial charge is 0.418 e. The maximum absolute atomic E-state index is 12.7. The molecule has 1 saturated heterocycles. The van der Waals surface area contributed by atoms with Gasteiger partial charge in [-0.05, 0) is 12.1 Å². The molecular formula is C11H9F3N2O2S. The monoisotopic (exact) mass is 290 g/mol. The average molecular weight is 290 g/mol. The molecule has 3 amide bonds. The highest BCUT2D eigenvalue weighted by molar-refractivity contribution is 8.00. The number of urea groups is 1. The van der Waals surface area contributed by atoms with Gasteiger partial charge >= 0.3 is 12.2 Å². The van der Waals surface area contributed by atoms with Gasteiger partial charge in [0.2, 0.25) is 5.91 Å². The minimum absolute atomic E-state index is 0.152. The molecule has 8 heteroatoms. The smallest absolute Gasteiger partial charge is 0.307 e. The van der Waals surface area contributed by atoms with Crippen molar-refractivity contribution in [3.63, 3.8) is 0 Å². The van der Waals surface area contributed by atoms with Gasteiger partial charge in [0.1, 0.15) is 0 Å². The van der Waals surface area contributed by atoms with Gasteiger partial charge in [-0.1, -0.05) is 12.1 Å². The first kappa shape index (κ1) is 13.7. The standard InChI is InChI=1S/C11H9F3N2O2S/c12-11(13,14)7-3-1-2-4-8(7)15-10(18)16-6-19-5-9(16)17/h1-4H,5-6H2,(H,15,18). The Hall–Kier alpha value is -1.70. The predicted octanol–water partition coefficient (Wildman–Crippen LogP) is 2.77. The Morgan fingerprint density at radius 3 is 2.58 bits per heavy atom. The van der Waals surface area contributed by atoms with Gasteiger partial charge in [-0.15, -0.1) is 11.8 Å². The van der Waals surface area contributed by atoms with Crippen LogP contribution in [0, 0.1) is 0 Å². The number of imide groups is 1. The lowest BCUT2D eigenvalue weighted by atomic mass is 10.1. The van der Waals surface area contributed by atoms with E-state index in [9.17, 15) is 22.8 Å². The number of alkyl halides is 3.